The molecule has 0 aliphatic heterocycles. The van der Waals surface area contributed by atoms with Crippen molar-refractivity contribution < 1.29 is 9.18 Å². The summed E-state index contributed by atoms with van der Waals surface area (Å²) in [6.07, 6.45) is 4.46. The molecular formula is C15H14FN3O. The molecule has 0 bridgehead atoms. The molecule has 0 saturated heterocycles. The molecule has 0 atom stereocenters. The normalized spacial score (nSPS) is 10.5. The summed E-state index contributed by atoms with van der Waals surface area (Å²) < 4.78 is 13.3. The highest BCUT2D eigenvalue weighted by atomic mass is 19.1. The Bertz CT molecular complexity index is 641. The van der Waals surface area contributed by atoms with Gasteiger partial charge in [-0.3, -0.25) is 5.32 Å². The van der Waals surface area contributed by atoms with Crippen LogP contribution < -0.4 is 10.6 Å². The minimum Gasteiger partial charge on any atom is -0.314 e. The number of pyridine rings is 1. The summed E-state index contributed by atoms with van der Waals surface area (Å²) in [6.45, 7) is 1.85. The second-order valence-corrected chi connectivity index (χ2v) is 4.12. The second kappa shape index (κ2) is 6.47. The van der Waals surface area contributed by atoms with Crippen LogP contribution in [-0.4, -0.2) is 11.0 Å². The fraction of sp³-hybridized carbons (Fsp3) is 0.0667. The summed E-state index contributed by atoms with van der Waals surface area (Å²) in [5.41, 5.74) is 1.27. The molecule has 2 aromatic rings. The lowest BCUT2D eigenvalue weighted by atomic mass is 10.2. The van der Waals surface area contributed by atoms with Gasteiger partial charge in [0.25, 0.3) is 0 Å². The van der Waals surface area contributed by atoms with E-state index in [0.717, 1.165) is 5.56 Å². The Morgan fingerprint density at radius 2 is 2.05 bits per heavy atom. The molecule has 0 aliphatic carbocycles. The van der Waals surface area contributed by atoms with Crippen LogP contribution in [0.4, 0.5) is 15.0 Å². The second-order valence-electron chi connectivity index (χ2n) is 4.12. The third-order valence-corrected chi connectivity index (χ3v) is 2.62. The van der Waals surface area contributed by atoms with Crippen molar-refractivity contribution >= 4 is 17.9 Å². The fourth-order valence-corrected chi connectivity index (χ4v) is 1.58. The van der Waals surface area contributed by atoms with Crippen molar-refractivity contribution in [2.45, 2.75) is 6.92 Å². The van der Waals surface area contributed by atoms with Crippen LogP contribution in [0.1, 0.15) is 11.1 Å². The monoisotopic (exact) mass is 271 g/mol. The molecule has 0 aliphatic rings. The van der Waals surface area contributed by atoms with Gasteiger partial charge in [-0.1, -0.05) is 24.3 Å². The summed E-state index contributed by atoms with van der Waals surface area (Å²) >= 11 is 0. The van der Waals surface area contributed by atoms with E-state index in [9.17, 15) is 9.18 Å². The average Bonchev–Trinajstić information content (AvgIpc) is 2.43. The number of nitrogens with one attached hydrogen (secondary N) is 2. The lowest BCUT2D eigenvalue weighted by Crippen LogP contribution is -2.24. The minimum absolute atomic E-state index is 0.341. The summed E-state index contributed by atoms with van der Waals surface area (Å²) in [4.78, 5) is 15.7. The van der Waals surface area contributed by atoms with E-state index in [2.05, 4.69) is 15.6 Å². The van der Waals surface area contributed by atoms with Crippen molar-refractivity contribution in [3.05, 3.63) is 65.7 Å². The largest absolute Gasteiger partial charge is 0.324 e. The maximum atomic E-state index is 13.3. The number of urea groups is 1. The van der Waals surface area contributed by atoms with Crippen LogP contribution in [0.25, 0.3) is 6.08 Å². The lowest BCUT2D eigenvalue weighted by molar-refractivity contribution is 0.255. The predicted molar refractivity (Wildman–Crippen MR) is 76.6 cm³/mol. The maximum absolute atomic E-state index is 13.3. The Balaban J connectivity index is 1.93. The number of aromatic nitrogens is 1. The Hall–Kier alpha value is -2.69. The maximum Gasteiger partial charge on any atom is 0.324 e. The Labute approximate surface area is 116 Å². The zero-order valence-corrected chi connectivity index (χ0v) is 10.9. The number of carbonyl (C=O) groups excluding carboxylic acids is 1. The quantitative estimate of drug-likeness (QED) is 0.899. The summed E-state index contributed by atoms with van der Waals surface area (Å²) in [6, 6.07) is 9.51. The molecule has 0 radical (unpaired) electrons. The van der Waals surface area contributed by atoms with E-state index in [0.29, 0.717) is 11.4 Å². The lowest BCUT2D eigenvalue weighted by Gasteiger charge is -2.05. The molecule has 102 valence electrons. The molecule has 0 unspecified atom stereocenters. The van der Waals surface area contributed by atoms with Crippen LogP contribution in [0, 0.1) is 12.7 Å². The molecule has 1 heterocycles. The van der Waals surface area contributed by atoms with Crippen molar-refractivity contribution in [2.75, 3.05) is 5.32 Å². The van der Waals surface area contributed by atoms with Crippen molar-refractivity contribution in [2.24, 2.45) is 0 Å². The number of aryl methyl sites for hydroxylation is 1. The van der Waals surface area contributed by atoms with Crippen LogP contribution in [0.2, 0.25) is 0 Å². The summed E-state index contributed by atoms with van der Waals surface area (Å²) in [5, 5.41) is 5.10. The number of halogens is 1. The van der Waals surface area contributed by atoms with Crippen LogP contribution in [0.3, 0.4) is 0 Å². The van der Waals surface area contributed by atoms with Crippen molar-refractivity contribution in [3.63, 3.8) is 0 Å². The summed E-state index contributed by atoms with van der Waals surface area (Å²) in [7, 11) is 0. The molecular weight excluding hydrogens is 257 g/mol. The van der Waals surface area contributed by atoms with Crippen LogP contribution in [0.15, 0.2) is 48.8 Å². The molecule has 1 aromatic heterocycles. The van der Waals surface area contributed by atoms with E-state index >= 15 is 0 Å². The van der Waals surface area contributed by atoms with E-state index in [1.165, 1.54) is 18.3 Å². The van der Waals surface area contributed by atoms with Gasteiger partial charge >= 0.3 is 6.03 Å². The molecule has 0 fully saturated rings. The molecule has 2 N–H and O–H groups in total. The van der Waals surface area contributed by atoms with Gasteiger partial charge < -0.3 is 5.32 Å². The summed E-state index contributed by atoms with van der Waals surface area (Å²) in [5.74, 6) is 0.149. The van der Waals surface area contributed by atoms with E-state index in [1.54, 1.807) is 30.5 Å². The molecule has 1 aromatic carbocycles. The standard InChI is InChI=1S/C15H14FN3O/c1-11-5-4-9-17-14(11)19-15(20)18-10-8-12-6-2-3-7-13(12)16/h2-10H,1H3,(H2,17,18,19,20)/b10-8+. The molecule has 0 spiro atoms. The topological polar surface area (TPSA) is 54.0 Å². The van der Waals surface area contributed by atoms with Crippen LogP contribution >= 0.6 is 0 Å². The first-order valence-electron chi connectivity index (χ1n) is 6.07. The Morgan fingerprint density at radius 3 is 2.80 bits per heavy atom. The Morgan fingerprint density at radius 1 is 1.25 bits per heavy atom. The first kappa shape index (κ1) is 13.7. The number of anilines is 1. The molecule has 2 rings (SSSR count). The predicted octanol–water partition coefficient (Wildman–Crippen LogP) is 3.32. The third-order valence-electron chi connectivity index (χ3n) is 2.62. The van der Waals surface area contributed by atoms with Gasteiger partial charge in [0.15, 0.2) is 0 Å². The van der Waals surface area contributed by atoms with Gasteiger partial charge in [0.2, 0.25) is 0 Å². The van der Waals surface area contributed by atoms with Gasteiger partial charge in [-0.15, -0.1) is 0 Å². The van der Waals surface area contributed by atoms with Gasteiger partial charge in [-0.05, 0) is 30.7 Å². The van der Waals surface area contributed by atoms with E-state index in [1.807, 2.05) is 13.0 Å². The Kier molecular flexibility index (Phi) is 4.44. The highest BCUT2D eigenvalue weighted by Gasteiger charge is 2.02. The minimum atomic E-state index is -0.431. The number of hydrogen-bond acceptors (Lipinski definition) is 2. The smallest absolute Gasteiger partial charge is 0.314 e. The van der Waals surface area contributed by atoms with Gasteiger partial charge in [0.1, 0.15) is 11.6 Å². The van der Waals surface area contributed by atoms with Crippen LogP contribution in [-0.2, 0) is 0 Å². The molecule has 5 heteroatoms. The number of nitrogens with zero attached hydrogens (tertiary/aromatic N) is 1. The van der Waals surface area contributed by atoms with E-state index in [-0.39, 0.29) is 5.82 Å². The molecule has 20 heavy (non-hydrogen) atoms. The fourth-order valence-electron chi connectivity index (χ4n) is 1.58. The first-order chi connectivity index (χ1) is 9.66. The third kappa shape index (κ3) is 3.65. The number of carbonyl (C=O) groups is 1. The van der Waals surface area contributed by atoms with Gasteiger partial charge in [0, 0.05) is 18.0 Å². The van der Waals surface area contributed by atoms with Crippen molar-refractivity contribution in [1.29, 1.82) is 0 Å². The number of rotatable bonds is 3. The zero-order valence-electron chi connectivity index (χ0n) is 10.9. The van der Waals surface area contributed by atoms with Crippen molar-refractivity contribution in [3.8, 4) is 0 Å². The highest BCUT2D eigenvalue weighted by Crippen LogP contribution is 2.09. The molecule has 4 nitrogen and oxygen atoms in total. The van der Waals surface area contributed by atoms with Gasteiger partial charge in [-0.2, -0.15) is 0 Å². The number of hydrogen-bond donors (Lipinski definition) is 2. The molecule has 0 saturated carbocycles. The number of amides is 2. The molecule has 2 amide bonds. The average molecular weight is 271 g/mol. The SMILES string of the molecule is Cc1cccnc1NC(=O)N/C=C/c1ccccc1F. The van der Waals surface area contributed by atoms with E-state index < -0.39 is 6.03 Å². The van der Waals surface area contributed by atoms with E-state index in [4.69, 9.17) is 0 Å². The van der Waals surface area contributed by atoms with Crippen LogP contribution in [0.5, 0.6) is 0 Å². The number of benzene rings is 1. The zero-order chi connectivity index (χ0) is 14.4. The first-order valence-corrected chi connectivity index (χ1v) is 6.07. The van der Waals surface area contributed by atoms with Gasteiger partial charge in [-0.25, -0.2) is 14.2 Å². The van der Waals surface area contributed by atoms with Crippen molar-refractivity contribution in [1.82, 2.24) is 10.3 Å². The highest BCUT2D eigenvalue weighted by molar-refractivity contribution is 5.89. The van der Waals surface area contributed by atoms with Gasteiger partial charge in [0.05, 0.1) is 0 Å².